The Morgan fingerprint density at radius 3 is 2.66 bits per heavy atom. The first-order valence-corrected chi connectivity index (χ1v) is 13.7. The summed E-state index contributed by atoms with van der Waals surface area (Å²) in [6, 6.07) is -0.352. The van der Waals surface area contributed by atoms with Crippen molar-refractivity contribution in [1.82, 2.24) is 24.4 Å². The highest BCUT2D eigenvalue weighted by molar-refractivity contribution is 7.52. The number of nitrogens with one attached hydrogen (secondary N) is 1. The average Bonchev–Trinajstić information content (AvgIpc) is 3.17. The molecule has 35 heavy (non-hydrogen) atoms. The number of amides is 1. The molecule has 2 unspecified atom stereocenters. The van der Waals surface area contributed by atoms with Crippen molar-refractivity contribution in [1.29, 1.82) is 0 Å². The first kappa shape index (κ1) is 24.8. The predicted octanol–water partition coefficient (Wildman–Crippen LogP) is 0.620. The maximum atomic E-state index is 12.2. The molecule has 6 atom stereocenters. The summed E-state index contributed by atoms with van der Waals surface area (Å²) in [6.45, 7) is 1.75. The Hall–Kier alpha value is -1.86. The van der Waals surface area contributed by atoms with E-state index < -0.39 is 44.2 Å². The van der Waals surface area contributed by atoms with Gasteiger partial charge < -0.3 is 35.0 Å². The standard InChI is InChI=1S/C20H28ClN6O7P/c1-9-11(27(9)13(28)7-35(31,32)33)6-12-15(29)16(30)19(34-12)26-8-22-14-17(23-10-4-2-3-5-10)24-20(21)25-18(14)26/h8-12,15-16,19,29-30H,2-7H2,1H3,(H,23,24,25)(H2,31,32,33)/t9?,11?,12-,15-,16-,19-,27?/m1/s1. The zero-order valence-electron chi connectivity index (χ0n) is 18.9. The second-order valence-corrected chi connectivity index (χ2v) is 11.5. The molecule has 0 bridgehead atoms. The molecule has 0 spiro atoms. The van der Waals surface area contributed by atoms with Crippen LogP contribution in [-0.4, -0.2) is 92.9 Å². The number of rotatable bonds is 7. The molecule has 3 aliphatic rings. The van der Waals surface area contributed by atoms with E-state index in [4.69, 9.17) is 26.1 Å². The van der Waals surface area contributed by atoms with Crippen LogP contribution in [0.3, 0.4) is 0 Å². The van der Waals surface area contributed by atoms with Gasteiger partial charge in [0.15, 0.2) is 23.2 Å². The lowest BCUT2D eigenvalue weighted by atomic mass is 10.0. The van der Waals surface area contributed by atoms with Crippen LogP contribution < -0.4 is 5.32 Å². The average molecular weight is 531 g/mol. The van der Waals surface area contributed by atoms with E-state index in [-0.39, 0.29) is 29.8 Å². The maximum Gasteiger partial charge on any atom is 0.334 e. The number of hydrogen-bond donors (Lipinski definition) is 5. The summed E-state index contributed by atoms with van der Waals surface area (Å²) < 4.78 is 18.7. The highest BCUT2D eigenvalue weighted by atomic mass is 35.5. The van der Waals surface area contributed by atoms with Crippen LogP contribution in [0.5, 0.6) is 0 Å². The third-order valence-corrected chi connectivity index (χ3v) is 7.92. The number of aliphatic hydroxyl groups is 2. The van der Waals surface area contributed by atoms with Gasteiger partial charge in [-0.1, -0.05) is 12.8 Å². The molecule has 2 aromatic rings. The molecule has 4 heterocycles. The Kier molecular flexibility index (Phi) is 6.54. The van der Waals surface area contributed by atoms with Gasteiger partial charge in [0.1, 0.15) is 18.4 Å². The fourth-order valence-corrected chi connectivity index (χ4v) is 5.91. The van der Waals surface area contributed by atoms with E-state index in [0.717, 1.165) is 25.7 Å². The van der Waals surface area contributed by atoms with Gasteiger partial charge in [-0.25, -0.2) is 4.98 Å². The minimum atomic E-state index is -4.48. The van der Waals surface area contributed by atoms with E-state index in [0.29, 0.717) is 17.0 Å². The number of nitrogens with zero attached hydrogens (tertiary/aromatic N) is 5. The Balaban J connectivity index is 1.32. The van der Waals surface area contributed by atoms with Crippen molar-refractivity contribution in [3.8, 4) is 0 Å². The number of imidazole rings is 1. The van der Waals surface area contributed by atoms with E-state index >= 15 is 0 Å². The summed E-state index contributed by atoms with van der Waals surface area (Å²) in [5.41, 5.74) is 0.820. The van der Waals surface area contributed by atoms with Gasteiger partial charge in [-0.3, -0.25) is 13.9 Å². The molecule has 0 aromatic carbocycles. The van der Waals surface area contributed by atoms with Gasteiger partial charge in [0.25, 0.3) is 0 Å². The Morgan fingerprint density at radius 1 is 1.26 bits per heavy atom. The molecule has 5 N–H and O–H groups in total. The van der Waals surface area contributed by atoms with E-state index in [1.807, 2.05) is 0 Å². The number of ether oxygens (including phenoxy) is 1. The SMILES string of the molecule is CC1C(C[C@H]2O[C@@H](n3cnc4c(NC5CCCC5)nc(Cl)nc43)[C@H](O)[C@@H]2O)N1C(=O)CP(=O)(O)O. The van der Waals surface area contributed by atoms with Crippen molar-refractivity contribution >= 4 is 42.1 Å². The molecule has 2 aromatic heterocycles. The van der Waals surface area contributed by atoms with Gasteiger partial charge in [0, 0.05) is 12.1 Å². The van der Waals surface area contributed by atoms with E-state index in [1.54, 1.807) is 6.92 Å². The molecule has 2 saturated heterocycles. The normalized spacial score (nSPS) is 31.4. The minimum absolute atomic E-state index is 0.00958. The summed E-state index contributed by atoms with van der Waals surface area (Å²) in [6.07, 6.45) is 0.724. The lowest BCUT2D eigenvalue weighted by Gasteiger charge is -2.17. The van der Waals surface area contributed by atoms with Gasteiger partial charge >= 0.3 is 7.60 Å². The fraction of sp³-hybridized carbons (Fsp3) is 0.700. The van der Waals surface area contributed by atoms with Crippen LogP contribution in [0, 0.1) is 0 Å². The van der Waals surface area contributed by atoms with Crippen LogP contribution in [0.25, 0.3) is 11.2 Å². The molecule has 13 nitrogen and oxygen atoms in total. The van der Waals surface area contributed by atoms with Crippen molar-refractivity contribution in [2.75, 3.05) is 11.5 Å². The Bertz CT molecular complexity index is 1170. The van der Waals surface area contributed by atoms with Crippen LogP contribution in [0.15, 0.2) is 6.33 Å². The lowest BCUT2D eigenvalue weighted by molar-refractivity contribution is -0.124. The molecular weight excluding hydrogens is 503 g/mol. The van der Waals surface area contributed by atoms with Crippen molar-refractivity contribution in [2.45, 2.75) is 81.7 Å². The first-order valence-electron chi connectivity index (χ1n) is 11.6. The van der Waals surface area contributed by atoms with Crippen molar-refractivity contribution in [3.63, 3.8) is 0 Å². The number of carbonyl (C=O) groups is 1. The molecule has 1 saturated carbocycles. The molecule has 192 valence electrons. The van der Waals surface area contributed by atoms with Gasteiger partial charge in [0.05, 0.1) is 18.5 Å². The van der Waals surface area contributed by atoms with Crippen LogP contribution in [0.4, 0.5) is 5.82 Å². The zero-order valence-corrected chi connectivity index (χ0v) is 20.6. The van der Waals surface area contributed by atoms with Crippen LogP contribution >= 0.6 is 19.2 Å². The van der Waals surface area contributed by atoms with Gasteiger partial charge in [-0.05, 0) is 37.8 Å². The van der Waals surface area contributed by atoms with Crippen molar-refractivity contribution < 1.29 is 34.1 Å². The molecule has 0 radical (unpaired) electrons. The monoisotopic (exact) mass is 530 g/mol. The number of aliphatic hydroxyl groups excluding tert-OH is 2. The summed E-state index contributed by atoms with van der Waals surface area (Å²) in [5, 5.41) is 24.8. The number of halogens is 1. The van der Waals surface area contributed by atoms with Crippen LogP contribution in [0.2, 0.25) is 5.28 Å². The van der Waals surface area contributed by atoms with E-state index in [1.165, 1.54) is 15.8 Å². The molecule has 3 fully saturated rings. The number of aromatic nitrogens is 4. The summed E-state index contributed by atoms with van der Waals surface area (Å²) in [5.74, 6) is -0.157. The fourth-order valence-electron chi connectivity index (χ4n) is 5.23. The molecular formula is C20H28ClN6O7P. The van der Waals surface area contributed by atoms with Crippen LogP contribution in [0.1, 0.15) is 45.3 Å². The third-order valence-electron chi connectivity index (χ3n) is 7.07. The largest absolute Gasteiger partial charge is 0.388 e. The topological polar surface area (TPSA) is 183 Å². The van der Waals surface area contributed by atoms with Crippen molar-refractivity contribution in [2.24, 2.45) is 0 Å². The van der Waals surface area contributed by atoms with Gasteiger partial charge in [-0.2, -0.15) is 9.97 Å². The molecule has 15 heteroatoms. The number of anilines is 1. The number of carbonyl (C=O) groups excluding carboxylic acids is 1. The Morgan fingerprint density at radius 2 is 1.97 bits per heavy atom. The predicted molar refractivity (Wildman–Crippen MR) is 124 cm³/mol. The highest BCUT2D eigenvalue weighted by Crippen LogP contribution is 2.42. The minimum Gasteiger partial charge on any atom is -0.388 e. The van der Waals surface area contributed by atoms with Gasteiger partial charge in [-0.15, -0.1) is 0 Å². The molecule has 5 rings (SSSR count). The summed E-state index contributed by atoms with van der Waals surface area (Å²) >= 11 is 6.17. The third kappa shape index (κ3) is 4.91. The molecule has 2 aliphatic heterocycles. The smallest absolute Gasteiger partial charge is 0.334 e. The van der Waals surface area contributed by atoms with Crippen molar-refractivity contribution in [3.05, 3.63) is 11.6 Å². The van der Waals surface area contributed by atoms with Gasteiger partial charge in [0.2, 0.25) is 11.2 Å². The van der Waals surface area contributed by atoms with Crippen LogP contribution in [-0.2, 0) is 14.1 Å². The highest BCUT2D eigenvalue weighted by Gasteiger charge is 2.53. The quantitative estimate of drug-likeness (QED) is 0.192. The van der Waals surface area contributed by atoms with E-state index in [9.17, 15) is 19.6 Å². The summed E-state index contributed by atoms with van der Waals surface area (Å²) in [4.78, 5) is 44.6. The number of hydrogen-bond acceptors (Lipinski definition) is 9. The Labute approximate surface area is 205 Å². The number of fused-ring (bicyclic) bond motifs is 1. The maximum absolute atomic E-state index is 12.2. The summed E-state index contributed by atoms with van der Waals surface area (Å²) in [7, 11) is -4.48. The first-order chi connectivity index (χ1) is 16.5. The van der Waals surface area contributed by atoms with E-state index in [2.05, 4.69) is 20.3 Å². The lowest BCUT2D eigenvalue weighted by Crippen LogP contribution is -2.32. The second-order valence-electron chi connectivity index (χ2n) is 9.50. The zero-order chi connectivity index (χ0) is 25.1. The molecule has 1 aliphatic carbocycles. The second kappa shape index (κ2) is 9.22. The molecule has 1 amide bonds.